The first-order valence-electron chi connectivity index (χ1n) is 9.57. The summed E-state index contributed by atoms with van der Waals surface area (Å²) in [6.07, 6.45) is 0. The van der Waals surface area contributed by atoms with Crippen molar-refractivity contribution < 1.29 is 19.1 Å². The molecule has 154 valence electrons. The van der Waals surface area contributed by atoms with Crippen LogP contribution in [0.15, 0.2) is 72.8 Å². The van der Waals surface area contributed by atoms with E-state index in [0.29, 0.717) is 11.4 Å². The molecule has 6 nitrogen and oxygen atoms in total. The van der Waals surface area contributed by atoms with Crippen LogP contribution < -0.4 is 15.4 Å². The van der Waals surface area contributed by atoms with Gasteiger partial charge in [0.25, 0.3) is 5.91 Å². The molecular formula is C24H24N2O4. The van der Waals surface area contributed by atoms with E-state index in [4.69, 9.17) is 9.47 Å². The van der Waals surface area contributed by atoms with Gasteiger partial charge in [-0.3, -0.25) is 4.79 Å². The molecule has 0 spiro atoms. The van der Waals surface area contributed by atoms with E-state index < -0.39 is 11.9 Å². The molecule has 6 heteroatoms. The molecule has 0 atom stereocenters. The minimum absolute atomic E-state index is 0.275. The lowest BCUT2D eigenvalue weighted by Gasteiger charge is -2.10. The third-order valence-corrected chi connectivity index (χ3v) is 4.29. The molecule has 0 saturated heterocycles. The van der Waals surface area contributed by atoms with Crippen molar-refractivity contribution in [2.75, 3.05) is 23.8 Å². The van der Waals surface area contributed by atoms with Crippen molar-refractivity contribution in [3.8, 4) is 5.75 Å². The first kappa shape index (κ1) is 20.9. The number of benzene rings is 3. The quantitative estimate of drug-likeness (QED) is 0.536. The fraction of sp³-hybridized carbons (Fsp3) is 0.167. The van der Waals surface area contributed by atoms with Gasteiger partial charge in [-0.2, -0.15) is 0 Å². The minimum atomic E-state index is -0.614. The van der Waals surface area contributed by atoms with Crippen LogP contribution in [0.1, 0.15) is 11.1 Å². The first-order valence-corrected chi connectivity index (χ1v) is 9.57. The molecule has 3 rings (SSSR count). The Kier molecular flexibility index (Phi) is 7.05. The smallest absolute Gasteiger partial charge is 0.344 e. The van der Waals surface area contributed by atoms with Gasteiger partial charge >= 0.3 is 5.97 Å². The molecule has 1 amide bonds. The number of nitrogens with one attached hydrogen (secondary N) is 2. The van der Waals surface area contributed by atoms with E-state index in [2.05, 4.69) is 10.6 Å². The van der Waals surface area contributed by atoms with Crippen LogP contribution in [0, 0.1) is 13.8 Å². The van der Waals surface area contributed by atoms with Crippen LogP contribution in [0.25, 0.3) is 0 Å². The van der Waals surface area contributed by atoms with Crippen LogP contribution in [-0.4, -0.2) is 25.1 Å². The Morgan fingerprint density at radius 1 is 0.833 bits per heavy atom. The van der Waals surface area contributed by atoms with Crippen LogP contribution in [0.2, 0.25) is 0 Å². The van der Waals surface area contributed by atoms with Gasteiger partial charge in [-0.05, 0) is 61.9 Å². The number of ether oxygens (including phenoxy) is 2. The summed E-state index contributed by atoms with van der Waals surface area (Å²) in [7, 11) is 0. The second-order valence-electron chi connectivity index (χ2n) is 6.83. The van der Waals surface area contributed by atoms with E-state index in [1.807, 2.05) is 74.5 Å². The standard InChI is InChI=1S/C24H24N2O4/c1-17-8-13-22(18(2)14-17)26-23(27)15-30-24(28)16-29-21-11-9-20(10-12-21)25-19-6-4-3-5-7-19/h3-14,25H,15-16H2,1-2H3,(H,26,27). The molecule has 0 radical (unpaired) electrons. The second kappa shape index (κ2) is 10.1. The SMILES string of the molecule is Cc1ccc(NC(=O)COC(=O)COc2ccc(Nc3ccccc3)cc2)c(C)c1. The molecule has 0 aliphatic rings. The van der Waals surface area contributed by atoms with Crippen molar-refractivity contribution in [1.82, 2.24) is 0 Å². The monoisotopic (exact) mass is 404 g/mol. The van der Waals surface area contributed by atoms with Crippen LogP contribution in [0.4, 0.5) is 17.1 Å². The molecule has 0 unspecified atom stereocenters. The Hall–Kier alpha value is -3.80. The Balaban J connectivity index is 1.40. The zero-order valence-electron chi connectivity index (χ0n) is 17.0. The Morgan fingerprint density at radius 2 is 1.53 bits per heavy atom. The van der Waals surface area contributed by atoms with Crippen molar-refractivity contribution in [1.29, 1.82) is 0 Å². The van der Waals surface area contributed by atoms with Gasteiger partial charge in [0.1, 0.15) is 5.75 Å². The molecule has 0 aliphatic carbocycles. The van der Waals surface area contributed by atoms with Gasteiger partial charge in [0.05, 0.1) is 0 Å². The minimum Gasteiger partial charge on any atom is -0.482 e. The number of carbonyl (C=O) groups excluding carboxylic acids is 2. The predicted octanol–water partition coefficient (Wildman–Crippen LogP) is 4.61. The van der Waals surface area contributed by atoms with Crippen LogP contribution in [0.5, 0.6) is 5.75 Å². The highest BCUT2D eigenvalue weighted by Gasteiger charge is 2.10. The van der Waals surface area contributed by atoms with Crippen molar-refractivity contribution in [3.05, 3.63) is 83.9 Å². The van der Waals surface area contributed by atoms with Crippen molar-refractivity contribution in [2.24, 2.45) is 0 Å². The Labute approximate surface area is 175 Å². The largest absolute Gasteiger partial charge is 0.482 e. The van der Waals surface area contributed by atoms with Gasteiger partial charge in [0.2, 0.25) is 0 Å². The number of hydrogen-bond donors (Lipinski definition) is 2. The topological polar surface area (TPSA) is 76.7 Å². The molecule has 3 aromatic rings. The molecule has 2 N–H and O–H groups in total. The lowest BCUT2D eigenvalue weighted by Crippen LogP contribution is -2.24. The highest BCUT2D eigenvalue weighted by Crippen LogP contribution is 2.20. The van der Waals surface area contributed by atoms with Gasteiger partial charge in [-0.15, -0.1) is 0 Å². The molecule has 30 heavy (non-hydrogen) atoms. The van der Waals surface area contributed by atoms with Gasteiger partial charge in [0.15, 0.2) is 13.2 Å². The summed E-state index contributed by atoms with van der Waals surface area (Å²) in [5, 5.41) is 5.99. The summed E-state index contributed by atoms with van der Waals surface area (Å²) in [6.45, 7) is 3.24. The molecular weight excluding hydrogens is 380 g/mol. The zero-order chi connectivity index (χ0) is 21.3. The maximum Gasteiger partial charge on any atom is 0.344 e. The second-order valence-corrected chi connectivity index (χ2v) is 6.83. The van der Waals surface area contributed by atoms with Gasteiger partial charge < -0.3 is 20.1 Å². The number of aryl methyl sites for hydroxylation is 2. The number of hydrogen-bond acceptors (Lipinski definition) is 5. The highest BCUT2D eigenvalue weighted by molar-refractivity contribution is 5.93. The lowest BCUT2D eigenvalue weighted by molar-refractivity contribution is -0.149. The van der Waals surface area contributed by atoms with E-state index in [-0.39, 0.29) is 13.2 Å². The normalized spacial score (nSPS) is 10.2. The molecule has 0 heterocycles. The van der Waals surface area contributed by atoms with Gasteiger partial charge in [-0.1, -0.05) is 35.9 Å². The molecule has 0 aliphatic heterocycles. The molecule has 0 saturated carbocycles. The van der Waals surface area contributed by atoms with Gasteiger partial charge in [0, 0.05) is 17.1 Å². The summed E-state index contributed by atoms with van der Waals surface area (Å²) in [5.74, 6) is -0.478. The fourth-order valence-corrected chi connectivity index (χ4v) is 2.79. The maximum atomic E-state index is 12.0. The van der Waals surface area contributed by atoms with Crippen molar-refractivity contribution in [3.63, 3.8) is 0 Å². The molecule has 3 aromatic carbocycles. The summed E-state index contributed by atoms with van der Waals surface area (Å²) in [5.41, 5.74) is 4.64. The Morgan fingerprint density at radius 3 is 2.23 bits per heavy atom. The van der Waals surface area contributed by atoms with Crippen LogP contribution >= 0.6 is 0 Å². The van der Waals surface area contributed by atoms with E-state index >= 15 is 0 Å². The third-order valence-electron chi connectivity index (χ3n) is 4.29. The van der Waals surface area contributed by atoms with Crippen molar-refractivity contribution >= 4 is 28.9 Å². The van der Waals surface area contributed by atoms with Crippen LogP contribution in [0.3, 0.4) is 0 Å². The molecule has 0 fully saturated rings. The third kappa shape index (κ3) is 6.38. The highest BCUT2D eigenvalue weighted by atomic mass is 16.6. The maximum absolute atomic E-state index is 12.0. The van der Waals surface area contributed by atoms with E-state index in [0.717, 1.165) is 22.5 Å². The summed E-state index contributed by atoms with van der Waals surface area (Å²) < 4.78 is 10.4. The predicted molar refractivity (Wildman–Crippen MR) is 117 cm³/mol. The summed E-state index contributed by atoms with van der Waals surface area (Å²) in [6, 6.07) is 22.7. The Bertz CT molecular complexity index is 1000. The van der Waals surface area contributed by atoms with Crippen LogP contribution in [-0.2, 0) is 14.3 Å². The average molecular weight is 404 g/mol. The fourth-order valence-electron chi connectivity index (χ4n) is 2.79. The number of carbonyl (C=O) groups is 2. The number of esters is 1. The number of anilines is 3. The molecule has 0 bridgehead atoms. The van der Waals surface area contributed by atoms with Gasteiger partial charge in [-0.25, -0.2) is 4.79 Å². The first-order chi connectivity index (χ1) is 14.5. The zero-order valence-corrected chi connectivity index (χ0v) is 17.0. The summed E-state index contributed by atoms with van der Waals surface area (Å²) in [4.78, 5) is 23.8. The van der Waals surface area contributed by atoms with Crippen molar-refractivity contribution in [2.45, 2.75) is 13.8 Å². The van der Waals surface area contributed by atoms with E-state index in [1.54, 1.807) is 12.1 Å². The summed E-state index contributed by atoms with van der Waals surface area (Å²) >= 11 is 0. The number of rotatable bonds is 8. The lowest BCUT2D eigenvalue weighted by atomic mass is 10.1. The van der Waals surface area contributed by atoms with E-state index in [9.17, 15) is 9.59 Å². The average Bonchev–Trinajstić information content (AvgIpc) is 2.74. The van der Waals surface area contributed by atoms with E-state index in [1.165, 1.54) is 0 Å². The molecule has 0 aromatic heterocycles. The number of amides is 1. The number of para-hydroxylation sites is 1.